The second-order valence-corrected chi connectivity index (χ2v) is 5.22. The van der Waals surface area contributed by atoms with E-state index in [-0.39, 0.29) is 5.75 Å². The van der Waals surface area contributed by atoms with E-state index < -0.39 is 14.6 Å². The monoisotopic (exact) mass is 145 g/mol. The molecule has 0 aromatic heterocycles. The first kappa shape index (κ1) is 6.81. The summed E-state index contributed by atoms with van der Waals surface area (Å²) in [6.07, 6.45) is 4.35. The number of hydrogen-bond donors (Lipinski definition) is 0. The summed E-state index contributed by atoms with van der Waals surface area (Å²) < 4.78 is 21.2. The van der Waals surface area contributed by atoms with Gasteiger partial charge in [-0.2, -0.15) is 0 Å². The smallest absolute Gasteiger partial charge is 0.163 e. The fourth-order valence-electron chi connectivity index (χ4n) is 0.695. The zero-order valence-corrected chi connectivity index (χ0v) is 6.33. The van der Waals surface area contributed by atoms with Crippen LogP contribution >= 0.6 is 0 Å². The van der Waals surface area contributed by atoms with Crippen molar-refractivity contribution in [3.8, 4) is 0 Å². The molecule has 0 amide bonds. The molecule has 0 spiro atoms. The van der Waals surface area contributed by atoms with Crippen molar-refractivity contribution in [1.82, 2.24) is 0 Å². The minimum absolute atomic E-state index is 0.153. The maximum atomic E-state index is 11.0. The third kappa shape index (κ3) is 0.894. The Morgan fingerprint density at radius 2 is 2.11 bits per heavy atom. The summed E-state index contributed by atoms with van der Waals surface area (Å²) in [5, 5.41) is 0. The van der Waals surface area contributed by atoms with Crippen LogP contribution in [0.1, 0.15) is 13.8 Å². The van der Waals surface area contributed by atoms with E-state index in [1.54, 1.807) is 19.9 Å². The Labute approximate surface area is 55.5 Å². The standard InChI is InChI=1S/C6H9O2S/c1-6(2)4-3-5-9(6,7)8/h3H,5H2,1-2H3. The van der Waals surface area contributed by atoms with Gasteiger partial charge in [-0.3, -0.25) is 0 Å². The molecular formula is C6H9O2S. The average Bonchev–Trinajstić information content (AvgIpc) is 1.81. The molecule has 0 saturated heterocycles. The molecule has 1 rings (SSSR count). The van der Waals surface area contributed by atoms with Gasteiger partial charge >= 0.3 is 0 Å². The van der Waals surface area contributed by atoms with Gasteiger partial charge in [-0.25, -0.2) is 8.42 Å². The third-order valence-electron chi connectivity index (χ3n) is 1.53. The molecule has 2 nitrogen and oxygen atoms in total. The second-order valence-electron chi connectivity index (χ2n) is 2.64. The van der Waals surface area contributed by atoms with Crippen LogP contribution in [0.15, 0.2) is 6.08 Å². The van der Waals surface area contributed by atoms with Crippen LogP contribution in [-0.2, 0) is 9.84 Å². The van der Waals surface area contributed by atoms with Gasteiger partial charge in [0.2, 0.25) is 0 Å². The average molecular weight is 145 g/mol. The summed E-state index contributed by atoms with van der Waals surface area (Å²) in [5.74, 6) is 0.153. The molecule has 1 heterocycles. The molecule has 1 radical (unpaired) electrons. The van der Waals surface area contributed by atoms with Crippen LogP contribution in [0.5, 0.6) is 0 Å². The van der Waals surface area contributed by atoms with Crippen LogP contribution < -0.4 is 0 Å². The van der Waals surface area contributed by atoms with Crippen molar-refractivity contribution < 1.29 is 8.42 Å². The van der Waals surface area contributed by atoms with Crippen molar-refractivity contribution in [1.29, 1.82) is 0 Å². The van der Waals surface area contributed by atoms with Gasteiger partial charge in [-0.05, 0) is 19.9 Å². The van der Waals surface area contributed by atoms with Crippen molar-refractivity contribution in [3.05, 3.63) is 12.2 Å². The molecule has 0 aromatic rings. The van der Waals surface area contributed by atoms with Crippen LogP contribution in [0.25, 0.3) is 0 Å². The Hall–Kier alpha value is -0.310. The van der Waals surface area contributed by atoms with Gasteiger partial charge in [0, 0.05) is 0 Å². The van der Waals surface area contributed by atoms with Gasteiger partial charge in [0.25, 0.3) is 0 Å². The number of hydrogen-bond acceptors (Lipinski definition) is 2. The van der Waals surface area contributed by atoms with E-state index in [0.717, 1.165) is 0 Å². The van der Waals surface area contributed by atoms with Crippen molar-refractivity contribution >= 4 is 9.84 Å². The van der Waals surface area contributed by atoms with Crippen molar-refractivity contribution in [2.24, 2.45) is 0 Å². The van der Waals surface area contributed by atoms with E-state index in [4.69, 9.17) is 0 Å². The zero-order valence-electron chi connectivity index (χ0n) is 5.51. The van der Waals surface area contributed by atoms with Gasteiger partial charge in [0.05, 0.1) is 10.5 Å². The Kier molecular flexibility index (Phi) is 1.21. The lowest BCUT2D eigenvalue weighted by Gasteiger charge is -2.12. The van der Waals surface area contributed by atoms with E-state index in [0.29, 0.717) is 0 Å². The number of sulfone groups is 1. The summed E-state index contributed by atoms with van der Waals surface area (Å²) in [5.41, 5.74) is 0. The highest BCUT2D eigenvalue weighted by Gasteiger charge is 2.34. The summed E-state index contributed by atoms with van der Waals surface area (Å²) in [7, 11) is -2.89. The van der Waals surface area contributed by atoms with Crippen LogP contribution in [0, 0.1) is 6.08 Å². The van der Waals surface area contributed by atoms with E-state index in [2.05, 4.69) is 6.08 Å². The van der Waals surface area contributed by atoms with Gasteiger partial charge in [0.15, 0.2) is 9.84 Å². The first-order valence-corrected chi connectivity index (χ1v) is 4.43. The molecule has 1 aliphatic rings. The molecule has 0 aromatic carbocycles. The van der Waals surface area contributed by atoms with Crippen LogP contribution in [0.3, 0.4) is 0 Å². The molecule has 1 aliphatic heterocycles. The minimum atomic E-state index is -2.89. The SMILES string of the molecule is CC1(C)[C]=CCS1(=O)=O. The molecule has 0 fully saturated rings. The Bertz CT molecular complexity index is 234. The highest BCUT2D eigenvalue weighted by Crippen LogP contribution is 2.23. The van der Waals surface area contributed by atoms with Gasteiger partial charge in [-0.1, -0.05) is 6.08 Å². The maximum absolute atomic E-state index is 11.0. The summed E-state index contributed by atoms with van der Waals surface area (Å²) >= 11 is 0. The Morgan fingerprint density at radius 1 is 1.56 bits per heavy atom. The predicted molar refractivity (Wildman–Crippen MR) is 35.7 cm³/mol. The minimum Gasteiger partial charge on any atom is -0.228 e. The van der Waals surface area contributed by atoms with E-state index >= 15 is 0 Å². The summed E-state index contributed by atoms with van der Waals surface area (Å²) in [6, 6.07) is 0. The highest BCUT2D eigenvalue weighted by molar-refractivity contribution is 7.93. The summed E-state index contributed by atoms with van der Waals surface area (Å²) in [6.45, 7) is 3.32. The quantitative estimate of drug-likeness (QED) is 0.499. The molecule has 0 unspecified atom stereocenters. The van der Waals surface area contributed by atoms with E-state index in [1.165, 1.54) is 0 Å². The zero-order chi connectivity index (χ0) is 7.12. The lowest BCUT2D eigenvalue weighted by molar-refractivity contribution is 0.577. The van der Waals surface area contributed by atoms with Gasteiger partial charge in [0.1, 0.15) is 0 Å². The lowest BCUT2D eigenvalue weighted by atomic mass is 10.2. The van der Waals surface area contributed by atoms with Gasteiger partial charge < -0.3 is 0 Å². The third-order valence-corrected chi connectivity index (χ3v) is 3.81. The predicted octanol–water partition coefficient (Wildman–Crippen LogP) is 0.553. The summed E-state index contributed by atoms with van der Waals surface area (Å²) in [4.78, 5) is 0. The van der Waals surface area contributed by atoms with Crippen LogP contribution in [0.4, 0.5) is 0 Å². The van der Waals surface area contributed by atoms with Crippen LogP contribution in [0.2, 0.25) is 0 Å². The molecule has 0 saturated carbocycles. The topological polar surface area (TPSA) is 34.1 Å². The molecule has 3 heteroatoms. The molecule has 0 atom stereocenters. The van der Waals surface area contributed by atoms with Crippen molar-refractivity contribution in [2.75, 3.05) is 5.75 Å². The van der Waals surface area contributed by atoms with Crippen LogP contribution in [-0.4, -0.2) is 18.9 Å². The molecule has 51 valence electrons. The van der Waals surface area contributed by atoms with Crippen molar-refractivity contribution in [3.63, 3.8) is 0 Å². The molecule has 0 N–H and O–H groups in total. The molecular weight excluding hydrogens is 136 g/mol. The fraction of sp³-hybridized carbons (Fsp3) is 0.667. The molecule has 9 heavy (non-hydrogen) atoms. The Morgan fingerprint density at radius 3 is 2.22 bits per heavy atom. The van der Waals surface area contributed by atoms with E-state index in [9.17, 15) is 8.42 Å². The second kappa shape index (κ2) is 1.59. The van der Waals surface area contributed by atoms with Gasteiger partial charge in [-0.15, -0.1) is 0 Å². The first-order valence-electron chi connectivity index (χ1n) is 2.77. The highest BCUT2D eigenvalue weighted by atomic mass is 32.2. The number of rotatable bonds is 0. The maximum Gasteiger partial charge on any atom is 0.163 e. The Balaban J connectivity index is 3.14. The first-order chi connectivity index (χ1) is 3.96. The van der Waals surface area contributed by atoms with E-state index in [1.807, 2.05) is 0 Å². The largest absolute Gasteiger partial charge is 0.228 e. The lowest BCUT2D eigenvalue weighted by Crippen LogP contribution is -2.26. The normalized spacial score (nSPS) is 28.7. The van der Waals surface area contributed by atoms with Crippen molar-refractivity contribution in [2.45, 2.75) is 18.6 Å². The fourth-order valence-corrected chi connectivity index (χ4v) is 1.68. The molecule has 0 aliphatic carbocycles. The molecule has 0 bridgehead atoms.